The molecule has 0 saturated carbocycles. The van der Waals surface area contributed by atoms with Gasteiger partial charge in [0.1, 0.15) is 0 Å². The van der Waals surface area contributed by atoms with Crippen LogP contribution in [0.5, 0.6) is 0 Å². The van der Waals surface area contributed by atoms with Crippen LogP contribution in [0.25, 0.3) is 0 Å². The third-order valence-electron chi connectivity index (χ3n) is 4.00. The number of anilines is 1. The van der Waals surface area contributed by atoms with Gasteiger partial charge in [-0.25, -0.2) is 21.6 Å². The van der Waals surface area contributed by atoms with Crippen LogP contribution < -0.4 is 10.0 Å². The minimum atomic E-state index is -3.59. The van der Waals surface area contributed by atoms with Crippen molar-refractivity contribution in [1.82, 2.24) is 4.72 Å². The van der Waals surface area contributed by atoms with E-state index in [-0.39, 0.29) is 28.0 Å². The first-order valence-electron chi connectivity index (χ1n) is 8.77. The first-order chi connectivity index (χ1) is 13.1. The standard InChI is InChI=1S/C19H24N2O5S2/c1-15-5-9-19(10-6-15)28(25,26)20-13-3-4-14-27(23,24)18-11-7-17(8-12-18)21-16(2)22/h5-12,20H,3-4,13-14H2,1-2H3,(H,21,22). The van der Waals surface area contributed by atoms with Crippen LogP contribution in [0.3, 0.4) is 0 Å². The van der Waals surface area contributed by atoms with Gasteiger partial charge < -0.3 is 5.32 Å². The first-order valence-corrected chi connectivity index (χ1v) is 11.9. The van der Waals surface area contributed by atoms with Crippen molar-refractivity contribution in [3.05, 3.63) is 54.1 Å². The Kier molecular flexibility index (Phi) is 7.34. The molecule has 0 fully saturated rings. The lowest BCUT2D eigenvalue weighted by atomic mass is 10.2. The van der Waals surface area contributed by atoms with Crippen molar-refractivity contribution < 1.29 is 21.6 Å². The molecule has 1 amide bonds. The highest BCUT2D eigenvalue weighted by molar-refractivity contribution is 7.91. The Bertz CT molecular complexity index is 1010. The first kappa shape index (κ1) is 22.1. The molecule has 0 aliphatic rings. The molecule has 28 heavy (non-hydrogen) atoms. The fraction of sp³-hybridized carbons (Fsp3) is 0.316. The number of hydrogen-bond acceptors (Lipinski definition) is 5. The molecule has 0 heterocycles. The van der Waals surface area contributed by atoms with Crippen molar-refractivity contribution in [3.8, 4) is 0 Å². The monoisotopic (exact) mass is 424 g/mol. The highest BCUT2D eigenvalue weighted by Gasteiger charge is 2.15. The molecule has 9 heteroatoms. The van der Waals surface area contributed by atoms with Gasteiger partial charge >= 0.3 is 0 Å². The van der Waals surface area contributed by atoms with Crippen molar-refractivity contribution in [2.75, 3.05) is 17.6 Å². The SMILES string of the molecule is CC(=O)Nc1ccc(S(=O)(=O)CCCCNS(=O)(=O)c2ccc(C)cc2)cc1. The van der Waals surface area contributed by atoms with Crippen molar-refractivity contribution >= 4 is 31.5 Å². The molecule has 7 nitrogen and oxygen atoms in total. The Balaban J connectivity index is 1.83. The predicted octanol–water partition coefficient (Wildman–Crippen LogP) is 2.49. The van der Waals surface area contributed by atoms with Gasteiger partial charge in [-0.3, -0.25) is 4.79 Å². The number of nitrogens with one attached hydrogen (secondary N) is 2. The second kappa shape index (κ2) is 9.31. The Labute approximate surface area is 166 Å². The summed E-state index contributed by atoms with van der Waals surface area (Å²) in [4.78, 5) is 11.3. The molecular formula is C19H24N2O5S2. The van der Waals surface area contributed by atoms with Crippen LogP contribution in [-0.2, 0) is 24.7 Å². The van der Waals surface area contributed by atoms with Crippen LogP contribution in [-0.4, -0.2) is 35.0 Å². The molecule has 2 aromatic rings. The summed E-state index contributed by atoms with van der Waals surface area (Å²) < 4.78 is 51.5. The maximum absolute atomic E-state index is 12.4. The van der Waals surface area contributed by atoms with E-state index >= 15 is 0 Å². The van der Waals surface area contributed by atoms with Gasteiger partial charge in [0.05, 0.1) is 15.5 Å². The van der Waals surface area contributed by atoms with E-state index in [4.69, 9.17) is 0 Å². The average Bonchev–Trinajstić information content (AvgIpc) is 2.61. The number of sulfone groups is 1. The summed E-state index contributed by atoms with van der Waals surface area (Å²) in [6, 6.07) is 12.5. The zero-order chi connectivity index (χ0) is 20.8. The van der Waals surface area contributed by atoms with E-state index in [0.29, 0.717) is 18.5 Å². The molecule has 0 aromatic heterocycles. The number of aryl methyl sites for hydroxylation is 1. The average molecular weight is 425 g/mol. The maximum Gasteiger partial charge on any atom is 0.240 e. The molecule has 2 aromatic carbocycles. The molecule has 2 N–H and O–H groups in total. The summed E-state index contributed by atoms with van der Waals surface area (Å²) in [6.45, 7) is 3.41. The molecular weight excluding hydrogens is 400 g/mol. The van der Waals surface area contributed by atoms with Crippen LogP contribution in [0.15, 0.2) is 58.3 Å². The van der Waals surface area contributed by atoms with Crippen molar-refractivity contribution in [3.63, 3.8) is 0 Å². The second-order valence-electron chi connectivity index (χ2n) is 6.44. The number of hydrogen-bond donors (Lipinski definition) is 2. The molecule has 0 spiro atoms. The molecule has 152 valence electrons. The summed E-state index contributed by atoms with van der Waals surface area (Å²) in [5, 5.41) is 2.58. The number of benzene rings is 2. The number of unbranched alkanes of at least 4 members (excludes halogenated alkanes) is 1. The van der Waals surface area contributed by atoms with Gasteiger partial charge in [-0.05, 0) is 56.2 Å². The Hall–Kier alpha value is -2.23. The van der Waals surface area contributed by atoms with Gasteiger partial charge in [-0.2, -0.15) is 0 Å². The van der Waals surface area contributed by atoms with E-state index in [9.17, 15) is 21.6 Å². The van der Waals surface area contributed by atoms with E-state index in [1.807, 2.05) is 6.92 Å². The summed E-state index contributed by atoms with van der Waals surface area (Å²) in [5.74, 6) is -0.317. The summed E-state index contributed by atoms with van der Waals surface area (Å²) in [5.41, 5.74) is 1.49. The van der Waals surface area contributed by atoms with Crippen molar-refractivity contribution in [2.24, 2.45) is 0 Å². The van der Waals surface area contributed by atoms with E-state index in [2.05, 4.69) is 10.0 Å². The van der Waals surface area contributed by atoms with E-state index in [1.165, 1.54) is 43.3 Å². The quantitative estimate of drug-likeness (QED) is 0.601. The number of carbonyl (C=O) groups is 1. The highest BCUT2D eigenvalue weighted by Crippen LogP contribution is 2.17. The molecule has 0 atom stereocenters. The number of amides is 1. The lowest BCUT2D eigenvalue weighted by Crippen LogP contribution is -2.25. The van der Waals surface area contributed by atoms with Crippen LogP contribution in [0.2, 0.25) is 0 Å². The van der Waals surface area contributed by atoms with Gasteiger partial charge in [-0.1, -0.05) is 17.7 Å². The second-order valence-corrected chi connectivity index (χ2v) is 10.3. The smallest absolute Gasteiger partial charge is 0.240 e. The molecule has 0 bridgehead atoms. The lowest BCUT2D eigenvalue weighted by Gasteiger charge is -2.08. The Morgan fingerprint density at radius 3 is 2.00 bits per heavy atom. The summed E-state index contributed by atoms with van der Waals surface area (Å²) in [6.07, 6.45) is 0.723. The highest BCUT2D eigenvalue weighted by atomic mass is 32.2. The summed E-state index contributed by atoms with van der Waals surface area (Å²) in [7, 11) is -7.06. The van der Waals surface area contributed by atoms with E-state index in [1.54, 1.807) is 12.1 Å². The molecule has 2 rings (SSSR count). The topological polar surface area (TPSA) is 109 Å². The molecule has 0 saturated heterocycles. The van der Waals surface area contributed by atoms with E-state index < -0.39 is 19.9 Å². The van der Waals surface area contributed by atoms with Gasteiger partial charge in [0.25, 0.3) is 0 Å². The van der Waals surface area contributed by atoms with Gasteiger partial charge in [0.2, 0.25) is 15.9 Å². The van der Waals surface area contributed by atoms with Crippen molar-refractivity contribution in [2.45, 2.75) is 36.5 Å². The maximum atomic E-state index is 12.4. The Morgan fingerprint density at radius 2 is 1.43 bits per heavy atom. The van der Waals surface area contributed by atoms with Gasteiger partial charge in [0, 0.05) is 19.2 Å². The summed E-state index contributed by atoms with van der Waals surface area (Å²) >= 11 is 0. The molecule has 0 aliphatic heterocycles. The lowest BCUT2D eigenvalue weighted by molar-refractivity contribution is -0.114. The number of sulfonamides is 1. The van der Waals surface area contributed by atoms with Crippen molar-refractivity contribution in [1.29, 1.82) is 0 Å². The van der Waals surface area contributed by atoms with Crippen LogP contribution in [0.4, 0.5) is 5.69 Å². The van der Waals surface area contributed by atoms with Crippen LogP contribution in [0.1, 0.15) is 25.3 Å². The third kappa shape index (κ3) is 6.43. The fourth-order valence-corrected chi connectivity index (χ4v) is 4.94. The molecule has 0 radical (unpaired) electrons. The minimum absolute atomic E-state index is 0.0846. The normalized spacial score (nSPS) is 11.9. The van der Waals surface area contributed by atoms with E-state index in [0.717, 1.165) is 5.56 Å². The number of rotatable bonds is 9. The fourth-order valence-electron chi connectivity index (χ4n) is 2.49. The number of carbonyl (C=O) groups excluding carboxylic acids is 1. The van der Waals surface area contributed by atoms with Gasteiger partial charge in [0.15, 0.2) is 9.84 Å². The molecule has 0 aliphatic carbocycles. The Morgan fingerprint density at radius 1 is 0.857 bits per heavy atom. The predicted molar refractivity (Wildman–Crippen MR) is 108 cm³/mol. The van der Waals surface area contributed by atoms with Crippen LogP contribution >= 0.6 is 0 Å². The van der Waals surface area contributed by atoms with Gasteiger partial charge in [-0.15, -0.1) is 0 Å². The zero-order valence-electron chi connectivity index (χ0n) is 15.8. The van der Waals surface area contributed by atoms with Crippen LogP contribution in [0, 0.1) is 6.92 Å². The minimum Gasteiger partial charge on any atom is -0.326 e. The molecule has 0 unspecified atom stereocenters. The zero-order valence-corrected chi connectivity index (χ0v) is 17.4. The largest absolute Gasteiger partial charge is 0.326 e. The third-order valence-corrected chi connectivity index (χ3v) is 7.29.